The lowest BCUT2D eigenvalue weighted by Gasteiger charge is -2.11. The van der Waals surface area contributed by atoms with Crippen molar-refractivity contribution in [3.63, 3.8) is 0 Å². The third-order valence-electron chi connectivity index (χ3n) is 2.97. The fraction of sp³-hybridized carbons (Fsp3) is 0.167. The van der Waals surface area contributed by atoms with Gasteiger partial charge in [0.25, 0.3) is 5.91 Å². The van der Waals surface area contributed by atoms with Gasteiger partial charge in [-0.2, -0.15) is 0 Å². The Balaban J connectivity index is 2.12. The number of benzene rings is 2. The highest BCUT2D eigenvalue weighted by Crippen LogP contribution is 2.25. The summed E-state index contributed by atoms with van der Waals surface area (Å²) in [5.41, 5.74) is 1.16. The molecule has 2 rings (SSSR count). The molecule has 0 fully saturated rings. The first kappa shape index (κ1) is 17.1. The van der Waals surface area contributed by atoms with Crippen LogP contribution in [0.4, 0.5) is 5.69 Å². The molecule has 0 atom stereocenters. The van der Waals surface area contributed by atoms with Gasteiger partial charge in [0.15, 0.2) is 0 Å². The predicted octanol–water partition coefficient (Wildman–Crippen LogP) is 4.66. The van der Waals surface area contributed by atoms with Crippen LogP contribution in [-0.4, -0.2) is 19.1 Å². The lowest BCUT2D eigenvalue weighted by Crippen LogP contribution is -2.13. The third kappa shape index (κ3) is 4.86. The van der Waals surface area contributed by atoms with Crippen molar-refractivity contribution in [2.45, 2.75) is 6.92 Å². The summed E-state index contributed by atoms with van der Waals surface area (Å²) in [6.07, 6.45) is 1.68. The second-order valence-electron chi connectivity index (χ2n) is 4.65. The molecule has 2 aromatic carbocycles. The molecule has 1 amide bonds. The monoisotopic (exact) mass is 375 g/mol. The Labute approximate surface area is 144 Å². The Bertz CT molecular complexity index is 683. The maximum atomic E-state index is 12.5. The molecule has 0 aromatic heterocycles. The van der Waals surface area contributed by atoms with E-state index in [-0.39, 0.29) is 5.91 Å². The quantitative estimate of drug-likeness (QED) is 0.715. The molecule has 0 heterocycles. The van der Waals surface area contributed by atoms with E-state index >= 15 is 0 Å². The van der Waals surface area contributed by atoms with Gasteiger partial charge in [-0.1, -0.05) is 28.6 Å². The van der Waals surface area contributed by atoms with Crippen molar-refractivity contribution in [1.29, 1.82) is 0 Å². The molecule has 0 bridgehead atoms. The highest BCUT2D eigenvalue weighted by molar-refractivity contribution is 9.10. The Hall–Kier alpha value is -2.27. The number of hydrogen-bond acceptors (Lipinski definition) is 3. The summed E-state index contributed by atoms with van der Waals surface area (Å²) in [4.78, 5) is 12.5. The molecule has 23 heavy (non-hydrogen) atoms. The fourth-order valence-electron chi connectivity index (χ4n) is 1.95. The van der Waals surface area contributed by atoms with Gasteiger partial charge in [-0.05, 0) is 49.4 Å². The van der Waals surface area contributed by atoms with Gasteiger partial charge in [-0.3, -0.25) is 4.79 Å². The molecule has 1 N–H and O–H groups in total. The molecule has 0 radical (unpaired) electrons. The van der Waals surface area contributed by atoms with Crippen LogP contribution in [0.15, 0.2) is 59.6 Å². The van der Waals surface area contributed by atoms with E-state index in [1.165, 1.54) is 0 Å². The molecular formula is C18H18BrNO3. The van der Waals surface area contributed by atoms with E-state index in [2.05, 4.69) is 27.8 Å². The predicted molar refractivity (Wildman–Crippen MR) is 95.4 cm³/mol. The molecule has 0 aliphatic heterocycles. The van der Waals surface area contributed by atoms with E-state index in [0.717, 1.165) is 10.2 Å². The minimum absolute atomic E-state index is 0.227. The Morgan fingerprint density at radius 1 is 1.22 bits per heavy atom. The first-order valence-corrected chi connectivity index (χ1v) is 8.00. The van der Waals surface area contributed by atoms with Gasteiger partial charge >= 0.3 is 0 Å². The van der Waals surface area contributed by atoms with Crippen LogP contribution in [0.2, 0.25) is 0 Å². The molecule has 0 aliphatic rings. The van der Waals surface area contributed by atoms with Crippen molar-refractivity contribution in [2.75, 3.05) is 18.5 Å². The topological polar surface area (TPSA) is 47.6 Å². The molecule has 0 saturated heterocycles. The van der Waals surface area contributed by atoms with Crippen LogP contribution in [0.1, 0.15) is 17.3 Å². The van der Waals surface area contributed by atoms with Gasteiger partial charge < -0.3 is 14.8 Å². The van der Waals surface area contributed by atoms with Crippen molar-refractivity contribution in [3.05, 3.63) is 65.2 Å². The first-order valence-electron chi connectivity index (χ1n) is 7.21. The summed E-state index contributed by atoms with van der Waals surface area (Å²) in [6.45, 7) is 6.42. The Morgan fingerprint density at radius 3 is 2.61 bits per heavy atom. The molecule has 2 aromatic rings. The zero-order chi connectivity index (χ0) is 16.7. The number of amides is 1. The average Bonchev–Trinajstić information content (AvgIpc) is 2.56. The Morgan fingerprint density at radius 2 is 1.96 bits per heavy atom. The van der Waals surface area contributed by atoms with Crippen LogP contribution >= 0.6 is 15.9 Å². The van der Waals surface area contributed by atoms with Crippen LogP contribution in [-0.2, 0) is 0 Å². The van der Waals surface area contributed by atoms with E-state index in [1.54, 1.807) is 42.5 Å². The fourth-order valence-corrected chi connectivity index (χ4v) is 2.31. The van der Waals surface area contributed by atoms with Gasteiger partial charge in [0.1, 0.15) is 18.1 Å². The Kier molecular flexibility index (Phi) is 6.23. The van der Waals surface area contributed by atoms with Gasteiger partial charge in [-0.15, -0.1) is 0 Å². The van der Waals surface area contributed by atoms with E-state index in [9.17, 15) is 4.79 Å². The zero-order valence-electron chi connectivity index (χ0n) is 12.8. The number of carbonyl (C=O) groups is 1. The molecule has 0 saturated carbocycles. The van der Waals surface area contributed by atoms with Crippen LogP contribution in [0.25, 0.3) is 0 Å². The van der Waals surface area contributed by atoms with E-state index in [0.29, 0.717) is 30.2 Å². The van der Waals surface area contributed by atoms with Crippen LogP contribution < -0.4 is 14.8 Å². The lowest BCUT2D eigenvalue weighted by atomic mass is 10.2. The van der Waals surface area contributed by atoms with Gasteiger partial charge in [0.05, 0.1) is 12.2 Å². The molecule has 0 aliphatic carbocycles. The number of hydrogen-bond donors (Lipinski definition) is 1. The van der Waals surface area contributed by atoms with Crippen LogP contribution in [0, 0.1) is 0 Å². The summed E-state index contributed by atoms with van der Waals surface area (Å²) < 4.78 is 11.7. The van der Waals surface area contributed by atoms with Crippen molar-refractivity contribution < 1.29 is 14.3 Å². The van der Waals surface area contributed by atoms with Crippen LogP contribution in [0.5, 0.6) is 11.5 Å². The SMILES string of the molecule is C=CCOc1ccc(NC(=O)c2cc(Br)ccc2OCC)cc1. The number of rotatable bonds is 7. The molecule has 4 nitrogen and oxygen atoms in total. The average molecular weight is 376 g/mol. The number of halogens is 1. The summed E-state index contributed by atoms with van der Waals surface area (Å²) in [5, 5.41) is 2.85. The van der Waals surface area contributed by atoms with Gasteiger partial charge in [-0.25, -0.2) is 0 Å². The van der Waals surface area contributed by atoms with Crippen LogP contribution in [0.3, 0.4) is 0 Å². The number of nitrogens with one attached hydrogen (secondary N) is 1. The van der Waals surface area contributed by atoms with E-state index in [4.69, 9.17) is 9.47 Å². The normalized spacial score (nSPS) is 10.0. The second kappa shape index (κ2) is 8.39. The van der Waals surface area contributed by atoms with E-state index in [1.807, 2.05) is 13.0 Å². The summed E-state index contributed by atoms with van der Waals surface area (Å²) in [6, 6.07) is 12.5. The number of carbonyl (C=O) groups excluding carboxylic acids is 1. The highest BCUT2D eigenvalue weighted by atomic mass is 79.9. The van der Waals surface area contributed by atoms with Crippen molar-refractivity contribution >= 4 is 27.5 Å². The van der Waals surface area contributed by atoms with Gasteiger partial charge in [0, 0.05) is 10.2 Å². The maximum absolute atomic E-state index is 12.5. The van der Waals surface area contributed by atoms with Crippen molar-refractivity contribution in [2.24, 2.45) is 0 Å². The van der Waals surface area contributed by atoms with Crippen molar-refractivity contribution in [1.82, 2.24) is 0 Å². The molecule has 0 unspecified atom stereocenters. The number of ether oxygens (including phenoxy) is 2. The summed E-state index contributed by atoms with van der Waals surface area (Å²) >= 11 is 3.37. The van der Waals surface area contributed by atoms with E-state index < -0.39 is 0 Å². The highest BCUT2D eigenvalue weighted by Gasteiger charge is 2.13. The smallest absolute Gasteiger partial charge is 0.259 e. The second-order valence-corrected chi connectivity index (χ2v) is 5.57. The molecule has 120 valence electrons. The maximum Gasteiger partial charge on any atom is 0.259 e. The summed E-state index contributed by atoms with van der Waals surface area (Å²) in [7, 11) is 0. The van der Waals surface area contributed by atoms with Gasteiger partial charge in [0.2, 0.25) is 0 Å². The number of anilines is 1. The lowest BCUT2D eigenvalue weighted by molar-refractivity contribution is 0.102. The largest absolute Gasteiger partial charge is 0.493 e. The van der Waals surface area contributed by atoms with Crippen molar-refractivity contribution in [3.8, 4) is 11.5 Å². The minimum Gasteiger partial charge on any atom is -0.493 e. The first-order chi connectivity index (χ1) is 11.1. The molecule has 5 heteroatoms. The molecule has 0 spiro atoms. The minimum atomic E-state index is -0.227. The molecular weight excluding hydrogens is 358 g/mol. The zero-order valence-corrected chi connectivity index (χ0v) is 14.4. The third-order valence-corrected chi connectivity index (χ3v) is 3.46. The standard InChI is InChI=1S/C18H18BrNO3/c1-3-11-23-15-8-6-14(7-9-15)20-18(21)16-12-13(19)5-10-17(16)22-4-2/h3,5-10,12H,1,4,11H2,2H3,(H,20,21). The summed E-state index contributed by atoms with van der Waals surface area (Å²) in [5.74, 6) is 1.05.